The average molecular weight is 371 g/mol. The highest BCUT2D eigenvalue weighted by atomic mass is 79.9. The fourth-order valence-electron chi connectivity index (χ4n) is 1.57. The molecular weight excluding hydrogens is 360 g/mol. The highest BCUT2D eigenvalue weighted by Crippen LogP contribution is 2.23. The lowest BCUT2D eigenvalue weighted by Gasteiger charge is -2.06. The number of halogens is 1. The van der Waals surface area contributed by atoms with E-state index in [1.54, 1.807) is 12.1 Å². The van der Waals surface area contributed by atoms with E-state index in [-0.39, 0.29) is 17.9 Å². The van der Waals surface area contributed by atoms with Crippen molar-refractivity contribution in [3.63, 3.8) is 0 Å². The summed E-state index contributed by atoms with van der Waals surface area (Å²) >= 11 is 4.85. The lowest BCUT2D eigenvalue weighted by atomic mass is 10.2. The Labute approximate surface area is 130 Å². The molecule has 2 rings (SSSR count). The predicted molar refractivity (Wildman–Crippen MR) is 81.8 cm³/mol. The van der Waals surface area contributed by atoms with Crippen LogP contribution in [0.4, 0.5) is 0 Å². The molecule has 0 unspecified atom stereocenters. The minimum atomic E-state index is -3.53. The number of benzene rings is 1. The van der Waals surface area contributed by atoms with Crippen molar-refractivity contribution in [2.24, 2.45) is 0 Å². The number of nitrogens with zero attached hydrogens (tertiary/aromatic N) is 1. The summed E-state index contributed by atoms with van der Waals surface area (Å²) in [4.78, 5) is 1.13. The normalized spacial score (nSPS) is 11.2. The molecule has 0 bridgehead atoms. The Kier molecular flexibility index (Phi) is 4.94. The highest BCUT2D eigenvalue weighted by Gasteiger charge is 2.14. The number of hydrogen-bond acceptors (Lipinski definition) is 4. The minimum Gasteiger partial charge on any atom is -0.207 e. The molecule has 1 heterocycles. The molecule has 4 nitrogen and oxygen atoms in total. The standard InChI is InChI=1S/C13H11BrN2O2S2/c14-12-6-8-19-13(12)9-16-20(17,18)11-3-1-10(2-4-11)5-7-15/h1-4,6,8,16H,5,9H2. The fourth-order valence-corrected chi connectivity index (χ4v) is 4.09. The Morgan fingerprint density at radius 1 is 1.25 bits per heavy atom. The van der Waals surface area contributed by atoms with E-state index in [0.717, 1.165) is 14.9 Å². The van der Waals surface area contributed by atoms with Crippen molar-refractivity contribution in [1.82, 2.24) is 4.72 Å². The van der Waals surface area contributed by atoms with Crippen molar-refractivity contribution >= 4 is 37.3 Å². The molecule has 0 radical (unpaired) electrons. The Bertz CT molecular complexity index is 730. The van der Waals surface area contributed by atoms with Gasteiger partial charge in [-0.3, -0.25) is 0 Å². The van der Waals surface area contributed by atoms with Crippen LogP contribution >= 0.6 is 27.3 Å². The van der Waals surface area contributed by atoms with Crippen LogP contribution in [0.3, 0.4) is 0 Å². The number of nitriles is 1. The second-order valence-electron chi connectivity index (χ2n) is 4.00. The van der Waals surface area contributed by atoms with E-state index in [2.05, 4.69) is 20.7 Å². The quantitative estimate of drug-likeness (QED) is 0.878. The minimum absolute atomic E-state index is 0.201. The molecule has 0 saturated carbocycles. The van der Waals surface area contributed by atoms with Gasteiger partial charge < -0.3 is 0 Å². The zero-order valence-electron chi connectivity index (χ0n) is 10.3. The molecule has 0 amide bonds. The number of hydrogen-bond donors (Lipinski definition) is 1. The van der Waals surface area contributed by atoms with E-state index in [0.29, 0.717) is 0 Å². The SMILES string of the molecule is N#CCc1ccc(S(=O)(=O)NCc2sccc2Br)cc1. The largest absolute Gasteiger partial charge is 0.240 e. The zero-order chi connectivity index (χ0) is 14.6. The maximum Gasteiger partial charge on any atom is 0.240 e. The number of sulfonamides is 1. The van der Waals surface area contributed by atoms with Crippen LogP contribution in [0.5, 0.6) is 0 Å². The molecule has 1 aromatic carbocycles. The van der Waals surface area contributed by atoms with Gasteiger partial charge in [0.2, 0.25) is 10.0 Å². The van der Waals surface area contributed by atoms with Crippen LogP contribution in [0.25, 0.3) is 0 Å². The van der Waals surface area contributed by atoms with Gasteiger partial charge in [-0.25, -0.2) is 13.1 Å². The third-order valence-electron chi connectivity index (χ3n) is 2.63. The molecule has 104 valence electrons. The van der Waals surface area contributed by atoms with E-state index in [1.807, 2.05) is 17.5 Å². The van der Waals surface area contributed by atoms with Crippen molar-refractivity contribution in [3.8, 4) is 6.07 Å². The second-order valence-corrected chi connectivity index (χ2v) is 7.62. The van der Waals surface area contributed by atoms with Crippen molar-refractivity contribution in [2.45, 2.75) is 17.9 Å². The number of nitrogens with one attached hydrogen (secondary N) is 1. The summed E-state index contributed by atoms with van der Waals surface area (Å²) in [5.74, 6) is 0. The second kappa shape index (κ2) is 6.50. The lowest BCUT2D eigenvalue weighted by molar-refractivity contribution is 0.581. The first-order valence-electron chi connectivity index (χ1n) is 5.70. The Hall–Kier alpha value is -1.20. The summed E-state index contributed by atoms with van der Waals surface area (Å²) in [5.41, 5.74) is 0.799. The topological polar surface area (TPSA) is 70.0 Å². The zero-order valence-corrected chi connectivity index (χ0v) is 13.6. The molecule has 1 N–H and O–H groups in total. The van der Waals surface area contributed by atoms with E-state index < -0.39 is 10.0 Å². The first-order valence-corrected chi connectivity index (χ1v) is 8.86. The van der Waals surface area contributed by atoms with Gasteiger partial charge in [0, 0.05) is 15.9 Å². The van der Waals surface area contributed by atoms with Crippen LogP contribution in [-0.2, 0) is 23.0 Å². The smallest absolute Gasteiger partial charge is 0.207 e. The molecule has 0 atom stereocenters. The van der Waals surface area contributed by atoms with Gasteiger partial charge in [-0.2, -0.15) is 5.26 Å². The van der Waals surface area contributed by atoms with Gasteiger partial charge in [0.25, 0.3) is 0 Å². The van der Waals surface area contributed by atoms with Crippen molar-refractivity contribution in [2.75, 3.05) is 0 Å². The predicted octanol–water partition coefficient (Wildman–Crippen LogP) is 3.06. The average Bonchev–Trinajstić information content (AvgIpc) is 2.83. The van der Waals surface area contributed by atoms with Gasteiger partial charge in [0.1, 0.15) is 0 Å². The molecule has 1 aromatic heterocycles. The molecule has 0 spiro atoms. The molecule has 0 aliphatic heterocycles. The van der Waals surface area contributed by atoms with Gasteiger partial charge in [0.05, 0.1) is 17.4 Å². The number of thiophene rings is 1. The molecule has 20 heavy (non-hydrogen) atoms. The Morgan fingerprint density at radius 2 is 1.95 bits per heavy atom. The number of rotatable bonds is 5. The molecule has 0 saturated heterocycles. The Balaban J connectivity index is 2.10. The summed E-state index contributed by atoms with van der Waals surface area (Å²) in [6, 6.07) is 10.2. The van der Waals surface area contributed by atoms with E-state index in [9.17, 15) is 8.42 Å². The van der Waals surface area contributed by atoms with Crippen LogP contribution in [0, 0.1) is 11.3 Å². The van der Waals surface area contributed by atoms with Crippen LogP contribution in [0.2, 0.25) is 0 Å². The first kappa shape index (κ1) is 15.2. The Morgan fingerprint density at radius 3 is 2.50 bits per heavy atom. The molecular formula is C13H11BrN2O2S2. The van der Waals surface area contributed by atoms with Crippen LogP contribution in [-0.4, -0.2) is 8.42 Å². The van der Waals surface area contributed by atoms with Crippen LogP contribution in [0.1, 0.15) is 10.4 Å². The maximum absolute atomic E-state index is 12.1. The summed E-state index contributed by atoms with van der Waals surface area (Å²) in [6.45, 7) is 0.251. The molecule has 0 aliphatic rings. The molecule has 7 heteroatoms. The summed E-state index contributed by atoms with van der Waals surface area (Å²) < 4.78 is 27.7. The summed E-state index contributed by atoms with van der Waals surface area (Å²) in [5, 5.41) is 10.5. The van der Waals surface area contributed by atoms with Gasteiger partial charge in [-0.15, -0.1) is 11.3 Å². The van der Waals surface area contributed by atoms with Gasteiger partial charge >= 0.3 is 0 Å². The first-order chi connectivity index (χ1) is 9.53. The van der Waals surface area contributed by atoms with Crippen molar-refractivity contribution < 1.29 is 8.42 Å². The van der Waals surface area contributed by atoms with Crippen LogP contribution < -0.4 is 4.72 Å². The van der Waals surface area contributed by atoms with Gasteiger partial charge in [0.15, 0.2) is 0 Å². The third-order valence-corrected chi connectivity index (χ3v) is 5.97. The molecule has 0 fully saturated rings. The van der Waals surface area contributed by atoms with Crippen molar-refractivity contribution in [1.29, 1.82) is 5.26 Å². The molecule has 0 aliphatic carbocycles. The lowest BCUT2D eigenvalue weighted by Crippen LogP contribution is -2.22. The van der Waals surface area contributed by atoms with Gasteiger partial charge in [-0.1, -0.05) is 12.1 Å². The maximum atomic E-state index is 12.1. The van der Waals surface area contributed by atoms with Crippen LogP contribution in [0.15, 0.2) is 45.1 Å². The fraction of sp³-hybridized carbons (Fsp3) is 0.154. The highest BCUT2D eigenvalue weighted by molar-refractivity contribution is 9.10. The monoisotopic (exact) mass is 370 g/mol. The molecule has 2 aromatic rings. The summed E-state index contributed by atoms with van der Waals surface area (Å²) in [6.07, 6.45) is 0.274. The van der Waals surface area contributed by atoms with E-state index in [4.69, 9.17) is 5.26 Å². The summed E-state index contributed by atoms with van der Waals surface area (Å²) in [7, 11) is -3.53. The third kappa shape index (κ3) is 3.67. The van der Waals surface area contributed by atoms with Gasteiger partial charge in [-0.05, 0) is 45.1 Å². The van der Waals surface area contributed by atoms with E-state index >= 15 is 0 Å². The van der Waals surface area contributed by atoms with E-state index in [1.165, 1.54) is 23.5 Å². The van der Waals surface area contributed by atoms with Crippen molar-refractivity contribution in [3.05, 3.63) is 50.6 Å².